The highest BCUT2D eigenvalue weighted by atomic mass is 16.1. The van der Waals surface area contributed by atoms with Gasteiger partial charge < -0.3 is 10.2 Å². The molecule has 0 unspecified atom stereocenters. The highest BCUT2D eigenvalue weighted by molar-refractivity contribution is 5.92. The SMILES string of the molecule is O=C(N[C@@H](c1ccccn1)[C@H]1CCCN(CC2CCCCC2)C1)c1ccccn1. The third-order valence-electron chi connectivity index (χ3n) is 6.45. The zero-order valence-corrected chi connectivity index (χ0v) is 17.2. The molecule has 2 aromatic rings. The van der Waals surface area contributed by atoms with Gasteiger partial charge in [0.2, 0.25) is 0 Å². The van der Waals surface area contributed by atoms with Crippen molar-refractivity contribution >= 4 is 5.91 Å². The summed E-state index contributed by atoms with van der Waals surface area (Å²) in [5.41, 5.74) is 1.41. The maximum atomic E-state index is 12.9. The molecule has 1 amide bonds. The van der Waals surface area contributed by atoms with Gasteiger partial charge in [0.25, 0.3) is 5.91 Å². The van der Waals surface area contributed by atoms with Crippen LogP contribution in [0.2, 0.25) is 0 Å². The van der Waals surface area contributed by atoms with Crippen molar-refractivity contribution in [2.45, 2.75) is 51.0 Å². The van der Waals surface area contributed by atoms with E-state index in [1.807, 2.05) is 36.5 Å². The van der Waals surface area contributed by atoms with E-state index in [2.05, 4.69) is 20.2 Å². The zero-order chi connectivity index (χ0) is 19.9. The van der Waals surface area contributed by atoms with Gasteiger partial charge in [-0.2, -0.15) is 0 Å². The van der Waals surface area contributed by atoms with Crippen LogP contribution in [0.3, 0.4) is 0 Å². The summed E-state index contributed by atoms with van der Waals surface area (Å²) in [5, 5.41) is 3.25. The van der Waals surface area contributed by atoms with Crippen molar-refractivity contribution in [1.29, 1.82) is 0 Å². The fourth-order valence-corrected chi connectivity index (χ4v) is 4.97. The number of carbonyl (C=O) groups excluding carboxylic acids is 1. The summed E-state index contributed by atoms with van der Waals surface area (Å²) >= 11 is 0. The van der Waals surface area contributed by atoms with Crippen molar-refractivity contribution in [3.8, 4) is 0 Å². The first-order valence-corrected chi connectivity index (χ1v) is 11.1. The van der Waals surface area contributed by atoms with E-state index >= 15 is 0 Å². The minimum absolute atomic E-state index is 0.0835. The zero-order valence-electron chi connectivity index (χ0n) is 17.2. The fourth-order valence-electron chi connectivity index (χ4n) is 4.97. The first-order valence-electron chi connectivity index (χ1n) is 11.1. The average Bonchev–Trinajstić information content (AvgIpc) is 2.79. The van der Waals surface area contributed by atoms with Crippen molar-refractivity contribution in [1.82, 2.24) is 20.2 Å². The smallest absolute Gasteiger partial charge is 0.270 e. The van der Waals surface area contributed by atoms with Gasteiger partial charge in [-0.25, -0.2) is 0 Å². The summed E-state index contributed by atoms with van der Waals surface area (Å²) in [6.07, 6.45) is 12.7. The fraction of sp³-hybridized carbons (Fsp3) is 0.542. The largest absolute Gasteiger partial charge is 0.342 e. The van der Waals surface area contributed by atoms with Crippen molar-refractivity contribution in [2.24, 2.45) is 11.8 Å². The number of piperidine rings is 1. The summed E-state index contributed by atoms with van der Waals surface area (Å²) in [4.78, 5) is 24.3. The first kappa shape index (κ1) is 20.0. The molecular formula is C24H32N4O. The second-order valence-electron chi connectivity index (χ2n) is 8.59. The molecule has 1 N–H and O–H groups in total. The Kier molecular flexibility index (Phi) is 6.88. The van der Waals surface area contributed by atoms with Crippen LogP contribution in [-0.2, 0) is 0 Å². The molecule has 3 heterocycles. The molecule has 154 valence electrons. The van der Waals surface area contributed by atoms with Crippen molar-refractivity contribution in [3.05, 3.63) is 60.2 Å². The highest BCUT2D eigenvalue weighted by Crippen LogP contribution is 2.31. The number of likely N-dealkylation sites (tertiary alicyclic amines) is 1. The number of nitrogens with one attached hydrogen (secondary N) is 1. The predicted octanol–water partition coefficient (Wildman–Crippen LogP) is 4.24. The lowest BCUT2D eigenvalue weighted by atomic mass is 9.85. The molecule has 1 saturated carbocycles. The molecule has 1 saturated heterocycles. The average molecular weight is 393 g/mol. The van der Waals surface area contributed by atoms with Crippen molar-refractivity contribution < 1.29 is 4.79 Å². The van der Waals surface area contributed by atoms with Crippen LogP contribution < -0.4 is 5.32 Å². The Labute approximate surface area is 173 Å². The second-order valence-corrected chi connectivity index (χ2v) is 8.59. The molecule has 4 rings (SSSR count). The number of amides is 1. The predicted molar refractivity (Wildman–Crippen MR) is 114 cm³/mol. The number of rotatable bonds is 6. The van der Waals surface area contributed by atoms with Crippen LogP contribution in [0.4, 0.5) is 0 Å². The Morgan fingerprint density at radius 2 is 1.79 bits per heavy atom. The summed E-state index contributed by atoms with van der Waals surface area (Å²) in [6.45, 7) is 3.41. The molecule has 0 bridgehead atoms. The van der Waals surface area contributed by atoms with E-state index in [9.17, 15) is 4.79 Å². The van der Waals surface area contributed by atoms with Crippen LogP contribution in [0.15, 0.2) is 48.8 Å². The van der Waals surface area contributed by atoms with Crippen LogP contribution in [0, 0.1) is 11.8 Å². The lowest BCUT2D eigenvalue weighted by molar-refractivity contribution is 0.0851. The molecular weight excluding hydrogens is 360 g/mol. The quantitative estimate of drug-likeness (QED) is 0.799. The first-order chi connectivity index (χ1) is 14.3. The maximum absolute atomic E-state index is 12.9. The van der Waals surface area contributed by atoms with Gasteiger partial charge in [-0.1, -0.05) is 31.4 Å². The van der Waals surface area contributed by atoms with Gasteiger partial charge in [-0.05, 0) is 68.3 Å². The number of hydrogen-bond donors (Lipinski definition) is 1. The van der Waals surface area contributed by atoms with Crippen LogP contribution in [0.1, 0.15) is 67.2 Å². The van der Waals surface area contributed by atoms with Gasteiger partial charge in [0.05, 0.1) is 11.7 Å². The maximum Gasteiger partial charge on any atom is 0.270 e. The topological polar surface area (TPSA) is 58.1 Å². The van der Waals surface area contributed by atoms with E-state index in [1.54, 1.807) is 12.3 Å². The van der Waals surface area contributed by atoms with E-state index < -0.39 is 0 Å². The molecule has 0 radical (unpaired) electrons. The van der Waals surface area contributed by atoms with Gasteiger partial charge >= 0.3 is 0 Å². The van der Waals surface area contributed by atoms with Crippen LogP contribution >= 0.6 is 0 Å². The summed E-state index contributed by atoms with van der Waals surface area (Å²) in [7, 11) is 0. The molecule has 1 aliphatic heterocycles. The number of carbonyl (C=O) groups is 1. The monoisotopic (exact) mass is 392 g/mol. The van der Waals surface area contributed by atoms with E-state index in [4.69, 9.17) is 0 Å². The number of nitrogens with zero attached hydrogens (tertiary/aromatic N) is 3. The van der Waals surface area contributed by atoms with E-state index in [1.165, 1.54) is 51.6 Å². The third kappa shape index (κ3) is 5.41. The van der Waals surface area contributed by atoms with Gasteiger partial charge in [-0.15, -0.1) is 0 Å². The molecule has 0 spiro atoms. The Morgan fingerprint density at radius 1 is 1.00 bits per heavy atom. The molecule has 0 aromatic carbocycles. The van der Waals surface area contributed by atoms with Gasteiger partial charge in [0.15, 0.2) is 0 Å². The molecule has 2 aliphatic rings. The molecule has 2 aromatic heterocycles. The second kappa shape index (κ2) is 9.97. The van der Waals surface area contributed by atoms with Gasteiger partial charge in [0, 0.05) is 25.5 Å². The molecule has 5 heteroatoms. The molecule has 2 fully saturated rings. The Morgan fingerprint density at radius 3 is 2.52 bits per heavy atom. The minimum Gasteiger partial charge on any atom is -0.342 e. The molecule has 2 atom stereocenters. The number of pyridine rings is 2. The van der Waals surface area contributed by atoms with Crippen LogP contribution in [-0.4, -0.2) is 40.4 Å². The number of aromatic nitrogens is 2. The van der Waals surface area contributed by atoms with Crippen LogP contribution in [0.5, 0.6) is 0 Å². The minimum atomic E-state index is -0.120. The van der Waals surface area contributed by atoms with Crippen LogP contribution in [0.25, 0.3) is 0 Å². The Bertz CT molecular complexity index is 761. The summed E-state index contributed by atoms with van der Waals surface area (Å²) in [5.74, 6) is 1.10. The molecule has 5 nitrogen and oxygen atoms in total. The van der Waals surface area contributed by atoms with Crippen molar-refractivity contribution in [3.63, 3.8) is 0 Å². The lowest BCUT2D eigenvalue weighted by Gasteiger charge is -2.39. The van der Waals surface area contributed by atoms with E-state index in [-0.39, 0.29) is 11.9 Å². The Balaban J connectivity index is 1.47. The highest BCUT2D eigenvalue weighted by Gasteiger charge is 2.31. The number of hydrogen-bond acceptors (Lipinski definition) is 4. The van der Waals surface area contributed by atoms with E-state index in [0.717, 1.165) is 24.6 Å². The standard InChI is InChI=1S/C24H32N4O/c29-24(22-13-5-7-15-26-22)27-23(21-12-4-6-14-25-21)20-11-8-16-28(18-20)17-19-9-2-1-3-10-19/h4-7,12-15,19-20,23H,1-3,8-11,16-18H2,(H,27,29)/t20-,23+/m0/s1. The third-order valence-corrected chi connectivity index (χ3v) is 6.45. The van der Waals surface area contributed by atoms with E-state index in [0.29, 0.717) is 11.6 Å². The molecule has 29 heavy (non-hydrogen) atoms. The normalized spacial score (nSPS) is 22.1. The van der Waals surface area contributed by atoms with Crippen molar-refractivity contribution in [2.75, 3.05) is 19.6 Å². The van der Waals surface area contributed by atoms with Gasteiger partial charge in [-0.3, -0.25) is 14.8 Å². The van der Waals surface area contributed by atoms with Gasteiger partial charge in [0.1, 0.15) is 5.69 Å². The summed E-state index contributed by atoms with van der Waals surface area (Å²) < 4.78 is 0. The Hall–Kier alpha value is -2.27. The molecule has 1 aliphatic carbocycles. The lowest BCUT2D eigenvalue weighted by Crippen LogP contribution is -2.45. The summed E-state index contributed by atoms with van der Waals surface area (Å²) in [6, 6.07) is 11.3.